The van der Waals surface area contributed by atoms with Gasteiger partial charge in [-0.2, -0.15) is 4.98 Å². The highest BCUT2D eigenvalue weighted by Gasteiger charge is 2.38. The normalized spacial score (nSPS) is 21.8. The number of amides is 1. The Morgan fingerprint density at radius 3 is 2.47 bits per heavy atom. The van der Waals surface area contributed by atoms with Crippen molar-refractivity contribution in [3.63, 3.8) is 0 Å². The zero-order valence-corrected chi connectivity index (χ0v) is 21.2. The Bertz CT molecular complexity index is 1380. The number of pyridine rings is 1. The lowest BCUT2D eigenvalue weighted by molar-refractivity contribution is -0.124. The largest absolute Gasteiger partial charge is 0.440 e. The summed E-state index contributed by atoms with van der Waals surface area (Å²) in [7, 11) is 0. The third-order valence-corrected chi connectivity index (χ3v) is 7.69. The van der Waals surface area contributed by atoms with Gasteiger partial charge in [-0.05, 0) is 68.4 Å². The van der Waals surface area contributed by atoms with Gasteiger partial charge in [0.2, 0.25) is 17.7 Å². The molecule has 1 unspecified atom stereocenters. The van der Waals surface area contributed by atoms with Gasteiger partial charge < -0.3 is 23.8 Å². The van der Waals surface area contributed by atoms with Crippen LogP contribution in [0.4, 0.5) is 5.88 Å². The summed E-state index contributed by atoms with van der Waals surface area (Å²) in [5, 5.41) is 20.5. The highest BCUT2D eigenvalue weighted by Crippen LogP contribution is 2.40. The van der Waals surface area contributed by atoms with Crippen molar-refractivity contribution in [2.45, 2.75) is 51.4 Å². The van der Waals surface area contributed by atoms with Crippen molar-refractivity contribution in [1.29, 1.82) is 0 Å². The van der Waals surface area contributed by atoms with E-state index in [1.165, 1.54) is 0 Å². The van der Waals surface area contributed by atoms with Gasteiger partial charge in [0.25, 0.3) is 0 Å². The first-order chi connectivity index (χ1) is 18.5. The van der Waals surface area contributed by atoms with E-state index in [4.69, 9.17) is 13.6 Å². The summed E-state index contributed by atoms with van der Waals surface area (Å²) in [6.07, 6.45) is 4.19. The molecule has 1 aromatic carbocycles. The molecule has 2 N–H and O–H groups in total. The molecule has 1 atom stereocenters. The highest BCUT2D eigenvalue weighted by molar-refractivity contribution is 5.95. The summed E-state index contributed by atoms with van der Waals surface area (Å²) >= 11 is 0. The molecule has 9 nitrogen and oxygen atoms in total. The Morgan fingerprint density at radius 1 is 1.03 bits per heavy atom. The number of aliphatic hydroxyl groups is 2. The van der Waals surface area contributed by atoms with Gasteiger partial charge in [-0.15, -0.1) is 0 Å². The first kappa shape index (κ1) is 24.8. The number of ether oxygens (including phenoxy) is 1. The van der Waals surface area contributed by atoms with Crippen LogP contribution in [0.2, 0.25) is 0 Å². The number of aliphatic hydroxyl groups excluding tert-OH is 1. The summed E-state index contributed by atoms with van der Waals surface area (Å²) in [5.74, 6) is 1.54. The van der Waals surface area contributed by atoms with Crippen LogP contribution < -0.4 is 4.90 Å². The van der Waals surface area contributed by atoms with Gasteiger partial charge in [-0.1, -0.05) is 19.1 Å². The van der Waals surface area contributed by atoms with Crippen LogP contribution in [0, 0.1) is 11.8 Å². The highest BCUT2D eigenvalue weighted by atomic mass is 16.5. The van der Waals surface area contributed by atoms with E-state index >= 15 is 0 Å². The average Bonchev–Trinajstić information content (AvgIpc) is 3.69. The molecule has 198 valence electrons. The molecule has 4 aromatic rings. The minimum atomic E-state index is -1.79. The molecular weight excluding hydrogens is 486 g/mol. The van der Waals surface area contributed by atoms with Crippen molar-refractivity contribution in [3.8, 4) is 22.8 Å². The Kier molecular flexibility index (Phi) is 6.73. The van der Waals surface area contributed by atoms with Crippen molar-refractivity contribution in [1.82, 2.24) is 9.97 Å². The number of anilines is 1. The van der Waals surface area contributed by atoms with Crippen LogP contribution in [0.1, 0.15) is 50.9 Å². The minimum absolute atomic E-state index is 0.0323. The number of carbonyl (C=O) groups excluding carboxylic acids is 1. The van der Waals surface area contributed by atoms with E-state index in [0.717, 1.165) is 36.8 Å². The number of furan rings is 1. The van der Waals surface area contributed by atoms with Gasteiger partial charge >= 0.3 is 0 Å². The number of carbonyl (C=O) groups is 1. The predicted molar refractivity (Wildman–Crippen MR) is 140 cm³/mol. The van der Waals surface area contributed by atoms with Gasteiger partial charge in [0.05, 0.1) is 18.2 Å². The van der Waals surface area contributed by atoms with Crippen molar-refractivity contribution >= 4 is 23.0 Å². The molecule has 0 bridgehead atoms. The second-order valence-corrected chi connectivity index (χ2v) is 10.3. The summed E-state index contributed by atoms with van der Waals surface area (Å²) in [4.78, 5) is 24.1. The van der Waals surface area contributed by atoms with Gasteiger partial charge in [-0.3, -0.25) is 9.69 Å². The molecule has 1 saturated carbocycles. The molecular formula is C29H31N3O6. The monoisotopic (exact) mass is 517 g/mol. The van der Waals surface area contributed by atoms with Crippen molar-refractivity contribution < 1.29 is 28.6 Å². The zero-order chi connectivity index (χ0) is 26.2. The maximum Gasteiger partial charge on any atom is 0.232 e. The lowest BCUT2D eigenvalue weighted by Crippen LogP contribution is -2.45. The average molecular weight is 518 g/mol. The van der Waals surface area contributed by atoms with E-state index in [2.05, 4.69) is 16.9 Å². The minimum Gasteiger partial charge on any atom is -0.440 e. The summed E-state index contributed by atoms with van der Waals surface area (Å²) in [6.45, 7) is 3.15. The Hall–Kier alpha value is -3.53. The van der Waals surface area contributed by atoms with E-state index in [-0.39, 0.29) is 29.3 Å². The molecule has 2 aliphatic rings. The van der Waals surface area contributed by atoms with E-state index in [1.54, 1.807) is 23.2 Å². The molecule has 0 radical (unpaired) electrons. The number of rotatable bonds is 6. The number of fused-ring (bicyclic) bond motifs is 1. The number of nitrogens with zero attached hydrogens (tertiary/aromatic N) is 3. The number of aromatic nitrogens is 2. The molecule has 1 aliphatic heterocycles. The maximum atomic E-state index is 13.8. The van der Waals surface area contributed by atoms with Gasteiger partial charge in [0.1, 0.15) is 5.76 Å². The molecule has 1 aliphatic carbocycles. The van der Waals surface area contributed by atoms with Crippen molar-refractivity contribution in [2.75, 3.05) is 18.1 Å². The van der Waals surface area contributed by atoms with Crippen LogP contribution in [0.25, 0.3) is 34.0 Å². The SMILES string of the molecule is C[C@H]1CC[C@H](C(=O)N(c2oc(-c3ccc(-c4nc5ncccc5o4)cc3)cc2C(O)O)C2CCOC2)CC1. The molecule has 9 heteroatoms. The third kappa shape index (κ3) is 4.73. The van der Waals surface area contributed by atoms with Crippen LogP contribution in [0.5, 0.6) is 0 Å². The van der Waals surface area contributed by atoms with E-state index < -0.39 is 6.29 Å². The van der Waals surface area contributed by atoms with Gasteiger partial charge in [0, 0.05) is 29.8 Å². The second kappa shape index (κ2) is 10.3. The molecule has 1 amide bonds. The topological polar surface area (TPSA) is 122 Å². The Morgan fingerprint density at radius 2 is 1.79 bits per heavy atom. The van der Waals surface area contributed by atoms with Crippen LogP contribution in [-0.4, -0.2) is 45.3 Å². The van der Waals surface area contributed by atoms with Gasteiger partial charge in [-0.25, -0.2) is 4.98 Å². The van der Waals surface area contributed by atoms with Crippen molar-refractivity contribution in [3.05, 3.63) is 54.2 Å². The number of hydrogen-bond donors (Lipinski definition) is 2. The maximum absolute atomic E-state index is 13.8. The Labute approximate surface area is 220 Å². The summed E-state index contributed by atoms with van der Waals surface area (Å²) in [6, 6.07) is 12.4. The molecule has 3 aromatic heterocycles. The number of oxazole rings is 1. The fourth-order valence-corrected chi connectivity index (χ4v) is 5.46. The summed E-state index contributed by atoms with van der Waals surface area (Å²) in [5.41, 5.74) is 2.80. The standard InChI is InChI=1S/C29H31N3O6/c1-17-4-6-20(7-5-17)27(33)32(21-12-14-36-16-21)28-22(29(34)35)15-24(38-28)18-8-10-19(11-9-18)26-31-25-23(37-26)3-2-13-30-25/h2-3,8-11,13,15,17,20-21,29,34-35H,4-7,12,14,16H2,1H3/t17-,20-,21?. The molecule has 38 heavy (non-hydrogen) atoms. The molecule has 2 fully saturated rings. The number of benzene rings is 1. The fraction of sp³-hybridized carbons (Fsp3) is 0.414. The lowest BCUT2D eigenvalue weighted by atomic mass is 9.82. The van der Waals surface area contributed by atoms with Crippen molar-refractivity contribution in [2.24, 2.45) is 11.8 Å². The lowest BCUT2D eigenvalue weighted by Gasteiger charge is -2.33. The molecule has 6 rings (SSSR count). The summed E-state index contributed by atoms with van der Waals surface area (Å²) < 4.78 is 17.7. The fourth-order valence-electron chi connectivity index (χ4n) is 5.46. The van der Waals surface area contributed by atoms with E-state index in [9.17, 15) is 15.0 Å². The first-order valence-electron chi connectivity index (χ1n) is 13.2. The first-order valence-corrected chi connectivity index (χ1v) is 13.2. The van der Waals surface area contributed by atoms with Crippen LogP contribution in [0.3, 0.4) is 0 Å². The second-order valence-electron chi connectivity index (χ2n) is 10.3. The van der Waals surface area contributed by atoms with Crippen LogP contribution in [-0.2, 0) is 9.53 Å². The molecule has 0 spiro atoms. The predicted octanol–water partition coefficient (Wildman–Crippen LogP) is 5.08. The zero-order valence-electron chi connectivity index (χ0n) is 21.2. The Balaban J connectivity index is 1.33. The quantitative estimate of drug-likeness (QED) is 0.340. The third-order valence-electron chi connectivity index (χ3n) is 7.69. The van der Waals surface area contributed by atoms with Crippen LogP contribution >= 0.6 is 0 Å². The molecule has 4 heterocycles. The molecule has 1 saturated heterocycles. The van der Waals surface area contributed by atoms with E-state index in [1.807, 2.05) is 30.3 Å². The van der Waals surface area contributed by atoms with Crippen LogP contribution in [0.15, 0.2) is 57.5 Å². The smallest absolute Gasteiger partial charge is 0.232 e. The number of hydrogen-bond acceptors (Lipinski definition) is 8. The van der Waals surface area contributed by atoms with E-state index in [0.29, 0.717) is 48.4 Å². The van der Waals surface area contributed by atoms with Gasteiger partial charge in [0.15, 0.2) is 17.5 Å².